The number of rotatable bonds is 5. The molecule has 0 heterocycles. The predicted octanol–water partition coefficient (Wildman–Crippen LogP) is 1.73. The first kappa shape index (κ1) is 10.6. The minimum atomic E-state index is -0.227. The van der Waals surface area contributed by atoms with Gasteiger partial charge in [-0.15, -0.1) is 0 Å². The molecule has 66 valence electrons. The van der Waals surface area contributed by atoms with Gasteiger partial charge in [0, 0.05) is 6.42 Å². The highest BCUT2D eigenvalue weighted by Crippen LogP contribution is 2.05. The van der Waals surface area contributed by atoms with E-state index in [1.807, 2.05) is 6.92 Å². The van der Waals surface area contributed by atoms with Crippen molar-refractivity contribution < 1.29 is 4.79 Å². The van der Waals surface area contributed by atoms with E-state index in [9.17, 15) is 4.79 Å². The predicted molar refractivity (Wildman–Crippen MR) is 47.3 cm³/mol. The molecule has 0 saturated heterocycles. The van der Waals surface area contributed by atoms with Gasteiger partial charge in [0.15, 0.2) is 0 Å². The van der Waals surface area contributed by atoms with E-state index in [0.29, 0.717) is 12.3 Å². The molecule has 0 aromatic carbocycles. The van der Waals surface area contributed by atoms with E-state index < -0.39 is 0 Å². The van der Waals surface area contributed by atoms with E-state index in [1.165, 1.54) is 0 Å². The molecule has 0 saturated carbocycles. The molecule has 0 rings (SSSR count). The quantitative estimate of drug-likeness (QED) is 0.660. The molecule has 11 heavy (non-hydrogen) atoms. The Morgan fingerprint density at radius 3 is 2.36 bits per heavy atom. The number of nitrogens with two attached hydrogens (primary N) is 1. The summed E-state index contributed by atoms with van der Waals surface area (Å²) >= 11 is 0. The van der Waals surface area contributed by atoms with Crippen molar-refractivity contribution in [1.29, 1.82) is 0 Å². The van der Waals surface area contributed by atoms with Gasteiger partial charge < -0.3 is 5.73 Å². The first-order valence-corrected chi connectivity index (χ1v) is 4.36. The zero-order valence-electron chi connectivity index (χ0n) is 7.76. The van der Waals surface area contributed by atoms with Crippen LogP contribution in [0.3, 0.4) is 0 Å². The molecule has 2 nitrogen and oxygen atoms in total. The Morgan fingerprint density at radius 2 is 2.00 bits per heavy atom. The lowest BCUT2D eigenvalue weighted by atomic mass is 9.99. The third kappa shape index (κ3) is 4.96. The van der Waals surface area contributed by atoms with Crippen LogP contribution < -0.4 is 5.73 Å². The van der Waals surface area contributed by atoms with Gasteiger partial charge in [-0.2, -0.15) is 0 Å². The molecule has 2 N–H and O–H groups in total. The third-order valence-electron chi connectivity index (χ3n) is 1.64. The van der Waals surface area contributed by atoms with Crippen LogP contribution in [0.5, 0.6) is 0 Å². The summed E-state index contributed by atoms with van der Waals surface area (Å²) in [6, 6.07) is -0.227. The second-order valence-electron chi connectivity index (χ2n) is 3.45. The van der Waals surface area contributed by atoms with Gasteiger partial charge in [0.1, 0.15) is 5.78 Å². The molecule has 0 aliphatic carbocycles. The second-order valence-corrected chi connectivity index (χ2v) is 3.45. The Bertz CT molecular complexity index is 121. The molecule has 0 bridgehead atoms. The average molecular weight is 157 g/mol. The Labute approximate surface area is 69.2 Å². The fraction of sp³-hybridized carbons (Fsp3) is 0.889. The van der Waals surface area contributed by atoms with E-state index in [4.69, 9.17) is 5.73 Å². The van der Waals surface area contributed by atoms with Gasteiger partial charge in [0.05, 0.1) is 6.04 Å². The molecule has 0 spiro atoms. The highest BCUT2D eigenvalue weighted by Gasteiger charge is 2.12. The maximum absolute atomic E-state index is 11.2. The summed E-state index contributed by atoms with van der Waals surface area (Å²) in [6.45, 7) is 6.16. The van der Waals surface area contributed by atoms with E-state index in [-0.39, 0.29) is 11.8 Å². The molecule has 0 aromatic heterocycles. The Morgan fingerprint density at radius 1 is 1.45 bits per heavy atom. The van der Waals surface area contributed by atoms with Gasteiger partial charge >= 0.3 is 0 Å². The number of hydrogen-bond donors (Lipinski definition) is 1. The maximum atomic E-state index is 11.2. The number of Topliss-reactive ketones (excluding diaryl/α,β-unsaturated/α-hetero) is 1. The second kappa shape index (κ2) is 5.30. The van der Waals surface area contributed by atoms with Crippen molar-refractivity contribution in [3.63, 3.8) is 0 Å². The van der Waals surface area contributed by atoms with Crippen molar-refractivity contribution in [3.05, 3.63) is 0 Å². The Kier molecular flexibility index (Phi) is 5.12. The van der Waals surface area contributed by atoms with Crippen LogP contribution in [-0.4, -0.2) is 11.8 Å². The van der Waals surface area contributed by atoms with E-state index >= 15 is 0 Å². The third-order valence-corrected chi connectivity index (χ3v) is 1.64. The van der Waals surface area contributed by atoms with Gasteiger partial charge in [-0.05, 0) is 18.8 Å². The molecule has 0 aliphatic heterocycles. The lowest BCUT2D eigenvalue weighted by molar-refractivity contribution is -0.120. The molecule has 2 heteroatoms. The van der Waals surface area contributed by atoms with Crippen LogP contribution in [0, 0.1) is 5.92 Å². The molecule has 1 atom stereocenters. The SMILES string of the molecule is CCCC(=O)[C@H](N)CC(C)C. The van der Waals surface area contributed by atoms with Crippen LogP contribution in [0.4, 0.5) is 0 Å². The van der Waals surface area contributed by atoms with Gasteiger partial charge in [-0.3, -0.25) is 4.79 Å². The fourth-order valence-electron chi connectivity index (χ4n) is 1.07. The molecule has 0 unspecified atom stereocenters. The average Bonchev–Trinajstić information content (AvgIpc) is 1.86. The van der Waals surface area contributed by atoms with E-state index in [2.05, 4.69) is 13.8 Å². The van der Waals surface area contributed by atoms with E-state index in [1.54, 1.807) is 0 Å². The van der Waals surface area contributed by atoms with Crippen molar-refractivity contribution in [2.75, 3.05) is 0 Å². The maximum Gasteiger partial charge on any atom is 0.149 e. The molecular formula is C9H19NO. The summed E-state index contributed by atoms with van der Waals surface area (Å²) in [5.74, 6) is 0.729. The monoisotopic (exact) mass is 157 g/mol. The van der Waals surface area contributed by atoms with Gasteiger partial charge in [0.2, 0.25) is 0 Å². The first-order valence-electron chi connectivity index (χ1n) is 4.36. The van der Waals surface area contributed by atoms with Crippen LogP contribution in [-0.2, 0) is 4.79 Å². The Balaban J connectivity index is 3.64. The van der Waals surface area contributed by atoms with Crippen molar-refractivity contribution in [2.24, 2.45) is 11.7 Å². The zero-order valence-corrected chi connectivity index (χ0v) is 7.76. The van der Waals surface area contributed by atoms with Crippen LogP contribution in [0.1, 0.15) is 40.0 Å². The molecule has 0 amide bonds. The van der Waals surface area contributed by atoms with E-state index in [0.717, 1.165) is 12.8 Å². The molecule has 0 radical (unpaired) electrons. The van der Waals surface area contributed by atoms with Crippen molar-refractivity contribution in [1.82, 2.24) is 0 Å². The summed E-state index contributed by atoms with van der Waals surface area (Å²) in [5, 5.41) is 0. The largest absolute Gasteiger partial charge is 0.322 e. The number of carbonyl (C=O) groups is 1. The number of carbonyl (C=O) groups excluding carboxylic acids is 1. The van der Waals surface area contributed by atoms with Crippen LogP contribution in [0.25, 0.3) is 0 Å². The van der Waals surface area contributed by atoms with Gasteiger partial charge in [-0.25, -0.2) is 0 Å². The minimum Gasteiger partial charge on any atom is -0.322 e. The zero-order chi connectivity index (χ0) is 8.85. The lowest BCUT2D eigenvalue weighted by Gasteiger charge is -2.11. The highest BCUT2D eigenvalue weighted by molar-refractivity contribution is 5.83. The standard InChI is InChI=1S/C9H19NO/c1-4-5-9(11)8(10)6-7(2)3/h7-8H,4-6,10H2,1-3H3/t8-/m1/s1. The summed E-state index contributed by atoms with van der Waals surface area (Å²) < 4.78 is 0. The van der Waals surface area contributed by atoms with Crippen molar-refractivity contribution in [3.8, 4) is 0 Å². The highest BCUT2D eigenvalue weighted by atomic mass is 16.1. The fourth-order valence-corrected chi connectivity index (χ4v) is 1.07. The first-order chi connectivity index (χ1) is 5.07. The van der Waals surface area contributed by atoms with Gasteiger partial charge in [0.25, 0.3) is 0 Å². The molecule has 0 fully saturated rings. The topological polar surface area (TPSA) is 43.1 Å². The van der Waals surface area contributed by atoms with Crippen molar-refractivity contribution >= 4 is 5.78 Å². The molecular weight excluding hydrogens is 138 g/mol. The number of ketones is 1. The van der Waals surface area contributed by atoms with Gasteiger partial charge in [-0.1, -0.05) is 20.8 Å². The normalized spacial score (nSPS) is 13.5. The summed E-state index contributed by atoms with van der Waals surface area (Å²) in [7, 11) is 0. The lowest BCUT2D eigenvalue weighted by Crippen LogP contribution is -2.31. The smallest absolute Gasteiger partial charge is 0.149 e. The van der Waals surface area contributed by atoms with Crippen LogP contribution >= 0.6 is 0 Å². The number of hydrogen-bond acceptors (Lipinski definition) is 2. The molecule has 0 aliphatic rings. The summed E-state index contributed by atoms with van der Waals surface area (Å²) in [5.41, 5.74) is 5.65. The summed E-state index contributed by atoms with van der Waals surface area (Å²) in [6.07, 6.45) is 2.36. The molecule has 0 aromatic rings. The van der Waals surface area contributed by atoms with Crippen LogP contribution in [0.15, 0.2) is 0 Å². The van der Waals surface area contributed by atoms with Crippen molar-refractivity contribution in [2.45, 2.75) is 46.1 Å². The van der Waals surface area contributed by atoms with Crippen LogP contribution in [0.2, 0.25) is 0 Å². The Hall–Kier alpha value is -0.370. The summed E-state index contributed by atoms with van der Waals surface area (Å²) in [4.78, 5) is 11.2. The minimum absolute atomic E-state index is 0.209.